The topological polar surface area (TPSA) is 211 Å². The van der Waals surface area contributed by atoms with Crippen LogP contribution in [0.1, 0.15) is 30.4 Å². The Kier molecular flexibility index (Phi) is 8.95. The van der Waals surface area contributed by atoms with Crippen molar-refractivity contribution in [1.29, 1.82) is 0 Å². The van der Waals surface area contributed by atoms with Crippen molar-refractivity contribution in [3.8, 4) is 0 Å². The SMILES string of the molecule is NC(Cc1c[nH]c2ccccc12)C(=O)NC(Cc1c[nH]c2ccccc12)C(=O)N1CCCC1C(=O)NC(CC(=O)O)C(=O)O. The van der Waals surface area contributed by atoms with E-state index in [0.29, 0.717) is 6.42 Å². The summed E-state index contributed by atoms with van der Waals surface area (Å²) in [5, 5.41) is 25.3. The van der Waals surface area contributed by atoms with Gasteiger partial charge in [0.2, 0.25) is 17.7 Å². The Bertz CT molecular complexity index is 1710. The minimum absolute atomic E-state index is 0.107. The molecule has 13 nitrogen and oxygen atoms in total. The predicted molar refractivity (Wildman–Crippen MR) is 160 cm³/mol. The molecule has 44 heavy (non-hydrogen) atoms. The summed E-state index contributed by atoms with van der Waals surface area (Å²) in [5.74, 6) is -4.71. The molecule has 1 fully saturated rings. The van der Waals surface area contributed by atoms with E-state index in [2.05, 4.69) is 20.6 Å². The standard InChI is InChI=1S/C31H34N6O7/c32-21(12-17-15-33-22-8-3-1-6-19(17)22)28(40)35-24(13-18-16-34-23-9-4-2-7-20(18)23)30(42)37-11-5-10-26(37)29(41)36-25(31(43)44)14-27(38)39/h1-4,6-9,15-16,21,24-26,33-34H,5,10-14,32H2,(H,35,40)(H,36,41)(H,38,39)(H,43,44). The number of amides is 3. The minimum Gasteiger partial charge on any atom is -0.481 e. The van der Waals surface area contributed by atoms with Crippen LogP contribution >= 0.6 is 0 Å². The van der Waals surface area contributed by atoms with Crippen molar-refractivity contribution in [3.05, 3.63) is 72.1 Å². The van der Waals surface area contributed by atoms with Gasteiger partial charge in [-0.05, 0) is 42.5 Å². The number of H-pyrrole nitrogens is 2. The summed E-state index contributed by atoms with van der Waals surface area (Å²) in [6.45, 7) is 0.204. The van der Waals surface area contributed by atoms with Crippen LogP contribution in [0.5, 0.6) is 0 Å². The molecule has 4 aromatic rings. The van der Waals surface area contributed by atoms with Gasteiger partial charge in [-0.15, -0.1) is 0 Å². The van der Waals surface area contributed by atoms with E-state index >= 15 is 0 Å². The molecule has 4 unspecified atom stereocenters. The Morgan fingerprint density at radius 3 is 2.05 bits per heavy atom. The van der Waals surface area contributed by atoms with Crippen molar-refractivity contribution < 1.29 is 34.2 Å². The molecule has 3 amide bonds. The highest BCUT2D eigenvalue weighted by Gasteiger charge is 2.39. The number of nitrogens with one attached hydrogen (secondary N) is 4. The van der Waals surface area contributed by atoms with Crippen LogP contribution in [-0.4, -0.2) is 85.5 Å². The zero-order chi connectivity index (χ0) is 31.4. The van der Waals surface area contributed by atoms with Gasteiger partial charge in [-0.2, -0.15) is 0 Å². The largest absolute Gasteiger partial charge is 0.481 e. The lowest BCUT2D eigenvalue weighted by atomic mass is 10.0. The number of hydrogen-bond donors (Lipinski definition) is 7. The number of carboxylic acid groups (broad SMARTS) is 2. The van der Waals surface area contributed by atoms with E-state index in [9.17, 15) is 29.1 Å². The first kappa shape index (κ1) is 30.3. The van der Waals surface area contributed by atoms with E-state index in [1.807, 2.05) is 48.5 Å². The zero-order valence-electron chi connectivity index (χ0n) is 23.8. The third-order valence-electron chi connectivity index (χ3n) is 8.00. The van der Waals surface area contributed by atoms with Gasteiger partial charge < -0.3 is 41.4 Å². The number of fused-ring (bicyclic) bond motifs is 2. The first-order valence-corrected chi connectivity index (χ1v) is 14.3. The number of carboxylic acids is 2. The first-order chi connectivity index (χ1) is 21.1. The van der Waals surface area contributed by atoms with E-state index in [1.54, 1.807) is 12.4 Å². The molecule has 1 aliphatic rings. The number of rotatable bonds is 12. The normalized spacial score (nSPS) is 16.8. The second-order valence-electron chi connectivity index (χ2n) is 11.0. The maximum atomic E-state index is 14.0. The molecule has 0 aliphatic carbocycles. The van der Waals surface area contributed by atoms with Crippen LogP contribution < -0.4 is 16.4 Å². The number of benzene rings is 2. The van der Waals surface area contributed by atoms with Crippen LogP contribution in [0.25, 0.3) is 21.8 Å². The van der Waals surface area contributed by atoms with Crippen LogP contribution in [0, 0.1) is 0 Å². The lowest BCUT2D eigenvalue weighted by molar-refractivity contribution is -0.148. The quantitative estimate of drug-likeness (QED) is 0.125. The fourth-order valence-corrected chi connectivity index (χ4v) is 5.78. The molecule has 4 atom stereocenters. The number of para-hydroxylation sites is 2. The molecule has 1 aliphatic heterocycles. The van der Waals surface area contributed by atoms with Crippen LogP contribution in [0.2, 0.25) is 0 Å². The van der Waals surface area contributed by atoms with Crippen molar-refractivity contribution in [2.75, 3.05) is 6.54 Å². The summed E-state index contributed by atoms with van der Waals surface area (Å²) in [6.07, 6.45) is 3.80. The summed E-state index contributed by atoms with van der Waals surface area (Å²) in [7, 11) is 0. The molecular formula is C31H34N6O7. The van der Waals surface area contributed by atoms with Crippen LogP contribution in [0.4, 0.5) is 0 Å². The fourth-order valence-electron chi connectivity index (χ4n) is 5.78. The molecular weight excluding hydrogens is 568 g/mol. The van der Waals surface area contributed by atoms with E-state index in [4.69, 9.17) is 10.8 Å². The van der Waals surface area contributed by atoms with E-state index in [1.165, 1.54) is 4.90 Å². The third kappa shape index (κ3) is 6.57. The van der Waals surface area contributed by atoms with Gasteiger partial charge in [0, 0.05) is 47.2 Å². The number of hydrogen-bond acceptors (Lipinski definition) is 6. The summed E-state index contributed by atoms with van der Waals surface area (Å²) in [4.78, 5) is 70.9. The Morgan fingerprint density at radius 1 is 0.864 bits per heavy atom. The summed E-state index contributed by atoms with van der Waals surface area (Å²) in [5.41, 5.74) is 9.73. The van der Waals surface area contributed by atoms with Crippen molar-refractivity contribution in [2.45, 2.75) is 56.3 Å². The number of carbonyl (C=O) groups excluding carboxylic acids is 3. The molecule has 5 rings (SSSR count). The molecule has 2 aromatic heterocycles. The van der Waals surface area contributed by atoms with Crippen molar-refractivity contribution in [2.24, 2.45) is 5.73 Å². The lowest BCUT2D eigenvalue weighted by Crippen LogP contribution is -2.57. The second-order valence-corrected chi connectivity index (χ2v) is 11.0. The van der Waals surface area contributed by atoms with Gasteiger partial charge in [-0.3, -0.25) is 19.2 Å². The molecule has 13 heteroatoms. The molecule has 2 aromatic carbocycles. The molecule has 230 valence electrons. The van der Waals surface area contributed by atoms with Gasteiger partial charge in [0.1, 0.15) is 18.1 Å². The van der Waals surface area contributed by atoms with Crippen LogP contribution in [-0.2, 0) is 36.8 Å². The molecule has 1 saturated heterocycles. The van der Waals surface area contributed by atoms with Gasteiger partial charge in [-0.25, -0.2) is 4.79 Å². The summed E-state index contributed by atoms with van der Waals surface area (Å²) in [6, 6.07) is 10.4. The fraction of sp³-hybridized carbons (Fsp3) is 0.323. The first-order valence-electron chi connectivity index (χ1n) is 14.3. The number of carbonyl (C=O) groups is 5. The smallest absolute Gasteiger partial charge is 0.326 e. The minimum atomic E-state index is -1.65. The van der Waals surface area contributed by atoms with Gasteiger partial charge in [0.15, 0.2) is 0 Å². The highest BCUT2D eigenvalue weighted by molar-refractivity contribution is 5.96. The average Bonchev–Trinajstić information content (AvgIpc) is 3.75. The molecule has 8 N–H and O–H groups in total. The van der Waals surface area contributed by atoms with Crippen LogP contribution in [0.3, 0.4) is 0 Å². The summed E-state index contributed by atoms with van der Waals surface area (Å²) >= 11 is 0. The van der Waals surface area contributed by atoms with Gasteiger partial charge >= 0.3 is 11.9 Å². The van der Waals surface area contributed by atoms with E-state index < -0.39 is 60.2 Å². The number of aromatic amines is 2. The number of nitrogens with two attached hydrogens (primary N) is 1. The monoisotopic (exact) mass is 602 g/mol. The Balaban J connectivity index is 1.36. The predicted octanol–water partition coefficient (Wildman–Crippen LogP) is 1.28. The van der Waals surface area contributed by atoms with Gasteiger partial charge in [0.25, 0.3) is 0 Å². The molecule has 0 saturated carbocycles. The maximum absolute atomic E-state index is 14.0. The lowest BCUT2D eigenvalue weighted by Gasteiger charge is -2.30. The molecule has 0 radical (unpaired) electrons. The Labute approximate surface area is 251 Å². The number of likely N-dealkylation sites (tertiary alicyclic amines) is 1. The Hall–Kier alpha value is -5.17. The van der Waals surface area contributed by atoms with Crippen LogP contribution in [0.15, 0.2) is 60.9 Å². The van der Waals surface area contributed by atoms with E-state index in [0.717, 1.165) is 32.9 Å². The average molecular weight is 603 g/mol. The second kappa shape index (κ2) is 13.0. The maximum Gasteiger partial charge on any atom is 0.326 e. The zero-order valence-corrected chi connectivity index (χ0v) is 23.8. The number of aliphatic carboxylic acids is 2. The highest BCUT2D eigenvalue weighted by Crippen LogP contribution is 2.24. The number of nitrogens with zero attached hydrogens (tertiary/aromatic N) is 1. The third-order valence-corrected chi connectivity index (χ3v) is 8.00. The molecule has 3 heterocycles. The summed E-state index contributed by atoms with van der Waals surface area (Å²) < 4.78 is 0. The molecule has 0 bridgehead atoms. The van der Waals surface area contributed by atoms with Crippen molar-refractivity contribution in [1.82, 2.24) is 25.5 Å². The Morgan fingerprint density at radius 2 is 1.45 bits per heavy atom. The van der Waals surface area contributed by atoms with Gasteiger partial charge in [-0.1, -0.05) is 36.4 Å². The number of aromatic nitrogens is 2. The van der Waals surface area contributed by atoms with Gasteiger partial charge in [0.05, 0.1) is 12.5 Å². The van der Waals surface area contributed by atoms with Crippen molar-refractivity contribution >= 4 is 51.5 Å². The van der Waals surface area contributed by atoms with E-state index in [-0.39, 0.29) is 25.8 Å². The molecule has 0 spiro atoms. The highest BCUT2D eigenvalue weighted by atomic mass is 16.4. The van der Waals surface area contributed by atoms with Crippen molar-refractivity contribution in [3.63, 3.8) is 0 Å².